The smallest absolute Gasteiger partial charge is 0.271 e. The van der Waals surface area contributed by atoms with Crippen molar-refractivity contribution in [3.63, 3.8) is 0 Å². The zero-order valence-corrected chi connectivity index (χ0v) is 10.8. The van der Waals surface area contributed by atoms with E-state index in [1.807, 2.05) is 11.4 Å². The van der Waals surface area contributed by atoms with Gasteiger partial charge in [0.25, 0.3) is 5.91 Å². The number of carbonyl (C=O) groups excluding carboxylic acids is 1. The molecule has 0 aliphatic rings. The van der Waals surface area contributed by atoms with Gasteiger partial charge in [0.05, 0.1) is 12.1 Å². The quantitative estimate of drug-likeness (QED) is 0.947. The Morgan fingerprint density at radius 2 is 2.40 bits per heavy atom. The summed E-state index contributed by atoms with van der Waals surface area (Å²) in [6, 6.07) is 1.99. The number of aromatic nitrogens is 1. The van der Waals surface area contributed by atoms with Gasteiger partial charge in [0.15, 0.2) is 0 Å². The van der Waals surface area contributed by atoms with Crippen molar-refractivity contribution >= 4 is 44.5 Å². The molecule has 0 saturated carbocycles. The topological polar surface area (TPSA) is 42.0 Å². The largest absolute Gasteiger partial charge is 0.346 e. The minimum absolute atomic E-state index is 0.124. The van der Waals surface area contributed by atoms with Crippen molar-refractivity contribution in [3.8, 4) is 0 Å². The maximum Gasteiger partial charge on any atom is 0.271 e. The number of rotatable bonds is 3. The summed E-state index contributed by atoms with van der Waals surface area (Å²) in [5.41, 5.74) is 2.13. The summed E-state index contributed by atoms with van der Waals surface area (Å²) in [4.78, 5) is 16.6. The summed E-state index contributed by atoms with van der Waals surface area (Å²) in [5.74, 6) is -0.124. The lowest BCUT2D eigenvalue weighted by Gasteiger charge is -1.99. The number of thiophene rings is 1. The molecule has 0 aliphatic carbocycles. The van der Waals surface area contributed by atoms with Crippen molar-refractivity contribution in [1.29, 1.82) is 0 Å². The summed E-state index contributed by atoms with van der Waals surface area (Å²) < 4.78 is 1.05. The van der Waals surface area contributed by atoms with Crippen LogP contribution in [0.4, 0.5) is 0 Å². The highest BCUT2D eigenvalue weighted by molar-refractivity contribution is 9.10. The number of nitrogens with zero attached hydrogens (tertiary/aromatic N) is 1. The Hall–Kier alpha value is -0.720. The lowest BCUT2D eigenvalue weighted by Crippen LogP contribution is -2.22. The second kappa shape index (κ2) is 4.87. The molecule has 0 spiro atoms. The van der Waals surface area contributed by atoms with E-state index in [9.17, 15) is 4.79 Å². The van der Waals surface area contributed by atoms with Gasteiger partial charge in [0.2, 0.25) is 0 Å². The zero-order valence-electron chi connectivity index (χ0n) is 7.57. The number of thiazole rings is 1. The summed E-state index contributed by atoms with van der Waals surface area (Å²) in [6.07, 6.45) is 0. The Morgan fingerprint density at radius 3 is 3.00 bits per heavy atom. The molecular formula is C9H7BrN2OS2. The van der Waals surface area contributed by atoms with Crippen LogP contribution >= 0.6 is 38.6 Å². The van der Waals surface area contributed by atoms with Gasteiger partial charge in [-0.15, -0.1) is 22.7 Å². The molecule has 0 aliphatic heterocycles. The number of halogens is 1. The van der Waals surface area contributed by atoms with E-state index in [0.717, 1.165) is 9.35 Å². The molecule has 3 nitrogen and oxygen atoms in total. The Morgan fingerprint density at radius 1 is 1.53 bits per heavy atom. The molecule has 6 heteroatoms. The average Bonchev–Trinajstić information content (AvgIpc) is 2.84. The third-order valence-electron chi connectivity index (χ3n) is 1.71. The van der Waals surface area contributed by atoms with Crippen LogP contribution in [-0.2, 0) is 6.54 Å². The fraction of sp³-hybridized carbons (Fsp3) is 0.111. The van der Waals surface area contributed by atoms with Gasteiger partial charge in [0.1, 0.15) is 5.69 Å². The van der Waals surface area contributed by atoms with E-state index in [-0.39, 0.29) is 5.91 Å². The predicted octanol–water partition coefficient (Wildman–Crippen LogP) is 2.90. The van der Waals surface area contributed by atoms with Gasteiger partial charge in [-0.3, -0.25) is 4.79 Å². The van der Waals surface area contributed by atoms with Gasteiger partial charge in [-0.25, -0.2) is 4.98 Å². The van der Waals surface area contributed by atoms with Crippen LogP contribution in [0, 0.1) is 0 Å². The molecule has 0 saturated heterocycles. The normalized spacial score (nSPS) is 10.2. The van der Waals surface area contributed by atoms with Crippen LogP contribution in [0.25, 0.3) is 0 Å². The standard InChI is InChI=1S/C9H7BrN2OS2/c10-6-1-7(15-3-6)2-11-9(13)8-4-14-5-12-8/h1,3-5H,2H2,(H,11,13). The van der Waals surface area contributed by atoms with Gasteiger partial charge >= 0.3 is 0 Å². The molecule has 0 aromatic carbocycles. The molecule has 0 fully saturated rings. The molecular weight excluding hydrogens is 296 g/mol. The first-order valence-electron chi connectivity index (χ1n) is 4.15. The number of hydrogen-bond acceptors (Lipinski definition) is 4. The van der Waals surface area contributed by atoms with Crippen molar-refractivity contribution in [1.82, 2.24) is 10.3 Å². The van der Waals surface area contributed by atoms with Gasteiger partial charge in [0, 0.05) is 20.1 Å². The second-order valence-electron chi connectivity index (χ2n) is 2.79. The summed E-state index contributed by atoms with van der Waals surface area (Å²) >= 11 is 6.39. The molecule has 1 amide bonds. The first-order valence-corrected chi connectivity index (χ1v) is 6.76. The maximum absolute atomic E-state index is 11.5. The summed E-state index contributed by atoms with van der Waals surface area (Å²) in [6.45, 7) is 0.548. The van der Waals surface area contributed by atoms with Crippen molar-refractivity contribution < 1.29 is 4.79 Å². The predicted molar refractivity (Wildman–Crippen MR) is 65.3 cm³/mol. The monoisotopic (exact) mass is 302 g/mol. The molecule has 15 heavy (non-hydrogen) atoms. The molecule has 2 aromatic rings. The van der Waals surface area contributed by atoms with Crippen molar-refractivity contribution in [2.75, 3.05) is 0 Å². The Kier molecular flexibility index (Phi) is 3.50. The minimum Gasteiger partial charge on any atom is -0.346 e. The second-order valence-corrected chi connectivity index (χ2v) is 5.42. The number of amides is 1. The summed E-state index contributed by atoms with van der Waals surface area (Å²) in [7, 11) is 0. The number of hydrogen-bond donors (Lipinski definition) is 1. The Bertz CT molecular complexity index is 452. The zero-order chi connectivity index (χ0) is 10.7. The first-order chi connectivity index (χ1) is 7.25. The molecule has 2 aromatic heterocycles. The van der Waals surface area contributed by atoms with E-state index in [4.69, 9.17) is 0 Å². The molecule has 0 unspecified atom stereocenters. The lowest BCUT2D eigenvalue weighted by atomic mass is 10.4. The van der Waals surface area contributed by atoms with Gasteiger partial charge in [-0.1, -0.05) is 0 Å². The Labute approximate surface area is 103 Å². The van der Waals surface area contributed by atoms with Crippen LogP contribution in [0.2, 0.25) is 0 Å². The molecule has 2 rings (SSSR count). The third kappa shape index (κ3) is 2.87. The number of carbonyl (C=O) groups is 1. The van der Waals surface area contributed by atoms with Crippen molar-refractivity contribution in [2.24, 2.45) is 0 Å². The van der Waals surface area contributed by atoms with E-state index in [2.05, 4.69) is 26.2 Å². The van der Waals surface area contributed by atoms with E-state index in [1.54, 1.807) is 22.2 Å². The fourth-order valence-corrected chi connectivity index (χ4v) is 2.95. The molecule has 0 atom stereocenters. The van der Waals surface area contributed by atoms with Crippen LogP contribution in [-0.4, -0.2) is 10.9 Å². The van der Waals surface area contributed by atoms with Crippen LogP contribution in [0.5, 0.6) is 0 Å². The average molecular weight is 303 g/mol. The fourth-order valence-electron chi connectivity index (χ4n) is 1.03. The molecule has 78 valence electrons. The molecule has 0 bridgehead atoms. The van der Waals surface area contributed by atoms with Crippen LogP contribution < -0.4 is 5.32 Å². The van der Waals surface area contributed by atoms with E-state index in [0.29, 0.717) is 12.2 Å². The van der Waals surface area contributed by atoms with Gasteiger partial charge < -0.3 is 5.32 Å². The Balaban J connectivity index is 1.91. The van der Waals surface area contributed by atoms with E-state index >= 15 is 0 Å². The molecule has 0 radical (unpaired) electrons. The molecule has 1 N–H and O–H groups in total. The first kappa shape index (κ1) is 10.8. The number of nitrogens with one attached hydrogen (secondary N) is 1. The highest BCUT2D eigenvalue weighted by atomic mass is 79.9. The molecule has 2 heterocycles. The maximum atomic E-state index is 11.5. The van der Waals surface area contributed by atoms with E-state index in [1.165, 1.54) is 11.3 Å². The van der Waals surface area contributed by atoms with Gasteiger partial charge in [-0.05, 0) is 22.0 Å². The highest BCUT2D eigenvalue weighted by Gasteiger charge is 2.07. The van der Waals surface area contributed by atoms with Crippen molar-refractivity contribution in [3.05, 3.63) is 37.4 Å². The van der Waals surface area contributed by atoms with Gasteiger partial charge in [-0.2, -0.15) is 0 Å². The third-order valence-corrected chi connectivity index (χ3v) is 3.99. The summed E-state index contributed by atoms with van der Waals surface area (Å²) in [5, 5.41) is 6.54. The lowest BCUT2D eigenvalue weighted by molar-refractivity contribution is 0.0947. The van der Waals surface area contributed by atoms with Crippen LogP contribution in [0.3, 0.4) is 0 Å². The minimum atomic E-state index is -0.124. The van der Waals surface area contributed by atoms with E-state index < -0.39 is 0 Å². The highest BCUT2D eigenvalue weighted by Crippen LogP contribution is 2.19. The van der Waals surface area contributed by atoms with Crippen LogP contribution in [0.1, 0.15) is 15.4 Å². The SMILES string of the molecule is O=C(NCc1cc(Br)cs1)c1cscn1. The van der Waals surface area contributed by atoms with Crippen LogP contribution in [0.15, 0.2) is 26.8 Å². The van der Waals surface area contributed by atoms with Crippen molar-refractivity contribution in [2.45, 2.75) is 6.54 Å².